The minimum atomic E-state index is -2.53. The van der Waals surface area contributed by atoms with Gasteiger partial charge in [-0.1, -0.05) is 23.9 Å². The van der Waals surface area contributed by atoms with Gasteiger partial charge in [-0.05, 0) is 19.1 Å². The van der Waals surface area contributed by atoms with E-state index in [0.717, 1.165) is 0 Å². The summed E-state index contributed by atoms with van der Waals surface area (Å²) in [5.74, 6) is -2.24. The molecule has 0 unspecified atom stereocenters. The summed E-state index contributed by atoms with van der Waals surface area (Å²) in [6.07, 6.45) is 0. The van der Waals surface area contributed by atoms with E-state index in [1.165, 1.54) is 10.7 Å². The molecule has 0 fully saturated rings. The van der Waals surface area contributed by atoms with Gasteiger partial charge in [0.15, 0.2) is 0 Å². The molecule has 0 aliphatic heterocycles. The third kappa shape index (κ3) is 2.98. The Morgan fingerprint density at radius 1 is 1.37 bits per heavy atom. The van der Waals surface area contributed by atoms with Gasteiger partial charge in [0, 0.05) is 7.05 Å². The zero-order valence-electron chi connectivity index (χ0n) is 10.3. The number of nitrogens with zero attached hydrogens (tertiary/aromatic N) is 2. The van der Waals surface area contributed by atoms with Gasteiger partial charge in [-0.2, -0.15) is 13.9 Å². The molecule has 1 aromatic heterocycles. The number of aromatic nitrogens is 2. The van der Waals surface area contributed by atoms with Gasteiger partial charge in [0.2, 0.25) is 5.75 Å². The van der Waals surface area contributed by atoms with E-state index in [-0.39, 0.29) is 17.4 Å². The maximum Gasteiger partial charge on any atom is 0.289 e. The molecule has 7 heteroatoms. The monoisotopic (exact) mass is 286 g/mol. The van der Waals surface area contributed by atoms with Crippen LogP contribution in [0.4, 0.5) is 8.78 Å². The Bertz CT molecular complexity index is 587. The highest BCUT2D eigenvalue weighted by Crippen LogP contribution is 2.39. The fourth-order valence-electron chi connectivity index (χ4n) is 1.58. The number of thioether (sulfide) groups is 1. The molecule has 0 bridgehead atoms. The van der Waals surface area contributed by atoms with Gasteiger partial charge >= 0.3 is 0 Å². The standard InChI is InChI=1S/C12H12F2N2O2S/c1-7-10(11(17)16(2)15-7)18-8-5-3-4-6-9(8)19-12(13)14/h3-6,12,17H,1-2H3. The van der Waals surface area contributed by atoms with Gasteiger partial charge in [-0.15, -0.1) is 0 Å². The van der Waals surface area contributed by atoms with E-state index in [0.29, 0.717) is 22.4 Å². The summed E-state index contributed by atoms with van der Waals surface area (Å²) >= 11 is 0.396. The molecule has 1 N–H and O–H groups in total. The summed E-state index contributed by atoms with van der Waals surface area (Å²) < 4.78 is 31.6. The second kappa shape index (κ2) is 5.48. The van der Waals surface area contributed by atoms with Crippen LogP contribution in [0.5, 0.6) is 17.4 Å². The predicted octanol–water partition coefficient (Wildman–Crippen LogP) is 3.54. The maximum atomic E-state index is 12.4. The largest absolute Gasteiger partial charge is 0.491 e. The van der Waals surface area contributed by atoms with E-state index in [1.807, 2.05) is 0 Å². The first kappa shape index (κ1) is 13.7. The van der Waals surface area contributed by atoms with Gasteiger partial charge in [-0.25, -0.2) is 4.68 Å². The Morgan fingerprint density at radius 3 is 2.63 bits per heavy atom. The van der Waals surface area contributed by atoms with Crippen molar-refractivity contribution in [3.05, 3.63) is 30.0 Å². The Labute approximate surface area is 113 Å². The number of aryl methyl sites for hydroxylation is 2. The molecule has 19 heavy (non-hydrogen) atoms. The van der Waals surface area contributed by atoms with Gasteiger partial charge in [0.1, 0.15) is 11.4 Å². The van der Waals surface area contributed by atoms with Crippen LogP contribution in [0, 0.1) is 6.92 Å². The van der Waals surface area contributed by atoms with Gasteiger partial charge in [-0.3, -0.25) is 0 Å². The minimum Gasteiger partial charge on any atom is -0.491 e. The molecule has 0 saturated heterocycles. The van der Waals surface area contributed by atoms with Crippen LogP contribution < -0.4 is 4.74 Å². The lowest BCUT2D eigenvalue weighted by Gasteiger charge is -2.09. The Kier molecular flexibility index (Phi) is 3.94. The number of rotatable bonds is 4. The average molecular weight is 286 g/mol. The minimum absolute atomic E-state index is 0.144. The molecule has 0 aliphatic carbocycles. The molecule has 0 saturated carbocycles. The summed E-state index contributed by atoms with van der Waals surface area (Å²) in [4.78, 5) is 0.306. The number of hydrogen-bond acceptors (Lipinski definition) is 4. The molecule has 1 heterocycles. The number of benzene rings is 1. The van der Waals surface area contributed by atoms with Crippen molar-refractivity contribution in [1.29, 1.82) is 0 Å². The average Bonchev–Trinajstić information content (AvgIpc) is 2.57. The van der Waals surface area contributed by atoms with Gasteiger partial charge < -0.3 is 9.84 Å². The lowest BCUT2D eigenvalue weighted by molar-refractivity contribution is 0.252. The summed E-state index contributed by atoms with van der Waals surface area (Å²) in [6.45, 7) is 1.66. The van der Waals surface area contributed by atoms with Crippen molar-refractivity contribution in [2.45, 2.75) is 17.6 Å². The molecular formula is C12H12F2N2O2S. The van der Waals surface area contributed by atoms with Crippen molar-refractivity contribution in [2.75, 3.05) is 0 Å². The van der Waals surface area contributed by atoms with E-state index in [4.69, 9.17) is 4.74 Å². The summed E-state index contributed by atoms with van der Waals surface area (Å²) in [5.41, 5.74) is 0.483. The number of ether oxygens (including phenoxy) is 1. The molecule has 0 radical (unpaired) electrons. The highest BCUT2D eigenvalue weighted by molar-refractivity contribution is 7.99. The van der Waals surface area contributed by atoms with Crippen LogP contribution in [0.1, 0.15) is 5.69 Å². The molecule has 1 aromatic carbocycles. The SMILES string of the molecule is Cc1nn(C)c(O)c1Oc1ccccc1SC(F)F. The quantitative estimate of drug-likeness (QED) is 0.873. The molecule has 0 aliphatic rings. The van der Waals surface area contributed by atoms with E-state index < -0.39 is 5.76 Å². The molecule has 4 nitrogen and oxygen atoms in total. The zero-order chi connectivity index (χ0) is 14.0. The Hall–Kier alpha value is -1.76. The van der Waals surface area contributed by atoms with Crippen LogP contribution in [0.2, 0.25) is 0 Å². The highest BCUT2D eigenvalue weighted by atomic mass is 32.2. The van der Waals surface area contributed by atoms with Crippen molar-refractivity contribution >= 4 is 11.8 Å². The van der Waals surface area contributed by atoms with Crippen LogP contribution in [0.15, 0.2) is 29.2 Å². The third-order valence-corrected chi connectivity index (χ3v) is 3.18. The number of aromatic hydroxyl groups is 1. The summed E-state index contributed by atoms with van der Waals surface area (Å²) in [6, 6.07) is 6.42. The third-order valence-electron chi connectivity index (χ3n) is 2.42. The molecular weight excluding hydrogens is 274 g/mol. The molecule has 0 spiro atoms. The first-order valence-electron chi connectivity index (χ1n) is 5.43. The molecule has 0 atom stereocenters. The molecule has 102 valence electrons. The first-order chi connectivity index (χ1) is 8.99. The van der Waals surface area contributed by atoms with Crippen LogP contribution in [-0.2, 0) is 7.05 Å². The smallest absolute Gasteiger partial charge is 0.289 e. The maximum absolute atomic E-state index is 12.4. The number of alkyl halides is 2. The van der Waals surface area contributed by atoms with Crippen molar-refractivity contribution in [3.8, 4) is 17.4 Å². The molecule has 2 rings (SSSR count). The van der Waals surface area contributed by atoms with Crippen LogP contribution in [-0.4, -0.2) is 20.6 Å². The second-order valence-electron chi connectivity index (χ2n) is 3.79. The fraction of sp³-hybridized carbons (Fsp3) is 0.250. The summed E-state index contributed by atoms with van der Waals surface area (Å²) in [5, 5.41) is 13.8. The van der Waals surface area contributed by atoms with Crippen LogP contribution >= 0.6 is 11.8 Å². The lowest BCUT2D eigenvalue weighted by Crippen LogP contribution is -1.90. The van der Waals surface area contributed by atoms with Gasteiger partial charge in [0.05, 0.1) is 4.90 Å². The van der Waals surface area contributed by atoms with Crippen LogP contribution in [0.3, 0.4) is 0 Å². The van der Waals surface area contributed by atoms with E-state index in [2.05, 4.69) is 5.10 Å². The number of para-hydroxylation sites is 1. The predicted molar refractivity (Wildman–Crippen MR) is 68.0 cm³/mol. The highest BCUT2D eigenvalue weighted by Gasteiger charge is 2.17. The Balaban J connectivity index is 2.33. The van der Waals surface area contributed by atoms with Gasteiger partial charge in [0.25, 0.3) is 11.6 Å². The topological polar surface area (TPSA) is 47.3 Å². The zero-order valence-corrected chi connectivity index (χ0v) is 11.1. The van der Waals surface area contributed by atoms with Crippen LogP contribution in [0.25, 0.3) is 0 Å². The lowest BCUT2D eigenvalue weighted by atomic mass is 10.3. The van der Waals surface area contributed by atoms with E-state index in [1.54, 1.807) is 32.2 Å². The normalized spacial score (nSPS) is 11.0. The second-order valence-corrected chi connectivity index (χ2v) is 4.82. The van der Waals surface area contributed by atoms with Crippen molar-refractivity contribution in [2.24, 2.45) is 7.05 Å². The van der Waals surface area contributed by atoms with Crippen molar-refractivity contribution in [1.82, 2.24) is 9.78 Å². The molecule has 0 amide bonds. The Morgan fingerprint density at radius 2 is 2.05 bits per heavy atom. The number of halogens is 2. The first-order valence-corrected chi connectivity index (χ1v) is 6.31. The van der Waals surface area contributed by atoms with Crippen molar-refractivity contribution < 1.29 is 18.6 Å². The van der Waals surface area contributed by atoms with Crippen molar-refractivity contribution in [3.63, 3.8) is 0 Å². The molecule has 2 aromatic rings. The number of hydrogen-bond donors (Lipinski definition) is 1. The summed E-state index contributed by atoms with van der Waals surface area (Å²) in [7, 11) is 1.56. The fourth-order valence-corrected chi connectivity index (χ4v) is 2.16. The van der Waals surface area contributed by atoms with E-state index in [9.17, 15) is 13.9 Å². The van der Waals surface area contributed by atoms with E-state index >= 15 is 0 Å².